The number of rotatable bonds is 7. The van der Waals surface area contributed by atoms with Crippen molar-refractivity contribution in [2.45, 2.75) is 13.8 Å². The highest BCUT2D eigenvalue weighted by molar-refractivity contribution is 6.42. The Hall–Kier alpha value is -1.46. The Bertz CT molecular complexity index is 522. The van der Waals surface area contributed by atoms with Crippen LogP contribution in [-0.2, 0) is 9.59 Å². The molecule has 0 aromatic heterocycles. The Morgan fingerprint density at radius 2 is 2.00 bits per heavy atom. The molecular formula is C14H17Cl2NO4. The highest BCUT2D eigenvalue weighted by atomic mass is 35.5. The van der Waals surface area contributed by atoms with Crippen LogP contribution in [0.3, 0.4) is 0 Å². The number of hydrogen-bond donors (Lipinski definition) is 1. The van der Waals surface area contributed by atoms with Crippen molar-refractivity contribution in [2.24, 2.45) is 5.92 Å². The lowest BCUT2D eigenvalue weighted by atomic mass is 10.1. The van der Waals surface area contributed by atoms with E-state index in [4.69, 9.17) is 33.0 Å². The standard InChI is InChI=1S/C14H17Cl2NO4/c1-3-17(7-9(2)14(19)20)13(18)8-21-10-4-5-11(15)12(16)6-10/h4-6,9H,3,7-8H2,1-2H3,(H,19,20). The number of aliphatic carboxylic acids is 1. The average Bonchev–Trinajstić information content (AvgIpc) is 2.45. The third-order valence-corrected chi connectivity index (χ3v) is 3.64. The van der Waals surface area contributed by atoms with Gasteiger partial charge in [0.1, 0.15) is 5.75 Å². The fourth-order valence-corrected chi connectivity index (χ4v) is 1.91. The molecule has 0 saturated carbocycles. The number of carbonyl (C=O) groups excluding carboxylic acids is 1. The van der Waals surface area contributed by atoms with E-state index in [-0.39, 0.29) is 19.1 Å². The van der Waals surface area contributed by atoms with E-state index >= 15 is 0 Å². The first-order chi connectivity index (χ1) is 9.85. The van der Waals surface area contributed by atoms with Crippen molar-refractivity contribution >= 4 is 35.1 Å². The molecule has 1 unspecified atom stereocenters. The predicted molar refractivity (Wildman–Crippen MR) is 81.0 cm³/mol. The molecule has 1 rings (SSSR count). The normalized spacial score (nSPS) is 11.8. The van der Waals surface area contributed by atoms with E-state index in [1.165, 1.54) is 11.0 Å². The van der Waals surface area contributed by atoms with Gasteiger partial charge in [0, 0.05) is 19.2 Å². The molecule has 7 heteroatoms. The molecule has 116 valence electrons. The summed E-state index contributed by atoms with van der Waals surface area (Å²) >= 11 is 11.6. The number of halogens is 2. The number of nitrogens with zero attached hydrogens (tertiary/aromatic N) is 1. The zero-order chi connectivity index (χ0) is 16.0. The first-order valence-corrected chi connectivity index (χ1v) is 7.19. The molecular weight excluding hydrogens is 317 g/mol. The molecule has 0 heterocycles. The Labute approximate surface area is 133 Å². The Morgan fingerprint density at radius 3 is 2.52 bits per heavy atom. The van der Waals surface area contributed by atoms with Crippen LogP contribution in [0.15, 0.2) is 18.2 Å². The summed E-state index contributed by atoms with van der Waals surface area (Å²) in [7, 11) is 0. The highest BCUT2D eigenvalue weighted by Crippen LogP contribution is 2.26. The summed E-state index contributed by atoms with van der Waals surface area (Å²) in [5.41, 5.74) is 0. The lowest BCUT2D eigenvalue weighted by Crippen LogP contribution is -2.39. The van der Waals surface area contributed by atoms with Crippen molar-refractivity contribution in [1.82, 2.24) is 4.90 Å². The Kier molecular flexibility index (Phi) is 6.78. The minimum atomic E-state index is -0.938. The molecule has 1 aromatic rings. The van der Waals surface area contributed by atoms with Crippen LogP contribution < -0.4 is 4.74 Å². The molecule has 0 aliphatic heterocycles. The molecule has 0 bridgehead atoms. The van der Waals surface area contributed by atoms with E-state index in [2.05, 4.69) is 0 Å². The number of carbonyl (C=O) groups is 2. The number of carboxylic acid groups (broad SMARTS) is 1. The molecule has 0 saturated heterocycles. The van der Waals surface area contributed by atoms with Crippen LogP contribution >= 0.6 is 23.2 Å². The summed E-state index contributed by atoms with van der Waals surface area (Å²) in [6, 6.07) is 4.71. The van der Waals surface area contributed by atoms with Crippen LogP contribution in [0.4, 0.5) is 0 Å². The van der Waals surface area contributed by atoms with Crippen molar-refractivity contribution in [2.75, 3.05) is 19.7 Å². The second kappa shape index (κ2) is 8.10. The SMILES string of the molecule is CCN(CC(C)C(=O)O)C(=O)COc1ccc(Cl)c(Cl)c1. The zero-order valence-corrected chi connectivity index (χ0v) is 13.3. The van der Waals surface area contributed by atoms with E-state index in [0.29, 0.717) is 22.3 Å². The van der Waals surface area contributed by atoms with Gasteiger partial charge < -0.3 is 14.7 Å². The van der Waals surface area contributed by atoms with Gasteiger partial charge in [-0.05, 0) is 19.1 Å². The quantitative estimate of drug-likeness (QED) is 0.833. The van der Waals surface area contributed by atoms with Crippen molar-refractivity contribution < 1.29 is 19.4 Å². The fraction of sp³-hybridized carbons (Fsp3) is 0.429. The van der Waals surface area contributed by atoms with Crippen LogP contribution in [0, 0.1) is 5.92 Å². The van der Waals surface area contributed by atoms with Crippen molar-refractivity contribution in [3.63, 3.8) is 0 Å². The van der Waals surface area contributed by atoms with Crippen molar-refractivity contribution in [1.29, 1.82) is 0 Å². The number of hydrogen-bond acceptors (Lipinski definition) is 3. The molecule has 1 amide bonds. The smallest absolute Gasteiger partial charge is 0.308 e. The predicted octanol–water partition coefficient (Wildman–Crippen LogP) is 2.94. The number of ether oxygens (including phenoxy) is 1. The zero-order valence-electron chi connectivity index (χ0n) is 11.8. The van der Waals surface area contributed by atoms with Crippen LogP contribution in [0.5, 0.6) is 5.75 Å². The minimum absolute atomic E-state index is 0.148. The van der Waals surface area contributed by atoms with E-state index in [1.54, 1.807) is 26.0 Å². The van der Waals surface area contributed by atoms with Gasteiger partial charge in [0.2, 0.25) is 0 Å². The first kappa shape index (κ1) is 17.6. The molecule has 1 atom stereocenters. The van der Waals surface area contributed by atoms with Gasteiger partial charge in [-0.1, -0.05) is 30.1 Å². The summed E-state index contributed by atoms with van der Waals surface area (Å²) < 4.78 is 5.35. The minimum Gasteiger partial charge on any atom is -0.484 e. The molecule has 0 fully saturated rings. The monoisotopic (exact) mass is 333 g/mol. The molecule has 5 nitrogen and oxygen atoms in total. The number of amides is 1. The van der Waals surface area contributed by atoms with Gasteiger partial charge in [-0.25, -0.2) is 0 Å². The number of likely N-dealkylation sites (N-methyl/N-ethyl adjacent to an activating group) is 1. The van der Waals surface area contributed by atoms with E-state index < -0.39 is 11.9 Å². The summed E-state index contributed by atoms with van der Waals surface area (Å²) in [4.78, 5) is 24.3. The van der Waals surface area contributed by atoms with Crippen LogP contribution in [0.2, 0.25) is 10.0 Å². The maximum atomic E-state index is 12.0. The molecule has 0 aliphatic rings. The second-order valence-electron chi connectivity index (χ2n) is 4.54. The van der Waals surface area contributed by atoms with Crippen LogP contribution in [0.25, 0.3) is 0 Å². The third kappa shape index (κ3) is 5.44. The lowest BCUT2D eigenvalue weighted by molar-refractivity contribution is -0.143. The fourth-order valence-electron chi connectivity index (χ4n) is 1.62. The summed E-state index contributed by atoms with van der Waals surface area (Å²) in [6.07, 6.45) is 0. The van der Waals surface area contributed by atoms with E-state index in [0.717, 1.165) is 0 Å². The van der Waals surface area contributed by atoms with Crippen LogP contribution in [-0.4, -0.2) is 41.6 Å². The largest absolute Gasteiger partial charge is 0.484 e. The van der Waals surface area contributed by atoms with E-state index in [9.17, 15) is 9.59 Å². The molecule has 1 N–H and O–H groups in total. The summed E-state index contributed by atoms with van der Waals surface area (Å²) in [5.74, 6) is -1.41. The highest BCUT2D eigenvalue weighted by Gasteiger charge is 2.19. The molecule has 0 aliphatic carbocycles. The van der Waals surface area contributed by atoms with Gasteiger partial charge in [0.15, 0.2) is 6.61 Å². The third-order valence-electron chi connectivity index (χ3n) is 2.90. The van der Waals surface area contributed by atoms with Crippen molar-refractivity contribution in [3.05, 3.63) is 28.2 Å². The van der Waals surface area contributed by atoms with Gasteiger partial charge in [-0.3, -0.25) is 9.59 Å². The van der Waals surface area contributed by atoms with E-state index in [1.807, 2.05) is 0 Å². The van der Waals surface area contributed by atoms with Gasteiger partial charge in [0.05, 0.1) is 16.0 Å². The van der Waals surface area contributed by atoms with Crippen molar-refractivity contribution in [3.8, 4) is 5.75 Å². The lowest BCUT2D eigenvalue weighted by Gasteiger charge is -2.22. The topological polar surface area (TPSA) is 66.8 Å². The van der Waals surface area contributed by atoms with Gasteiger partial charge in [-0.2, -0.15) is 0 Å². The number of carboxylic acids is 1. The Balaban J connectivity index is 2.58. The Morgan fingerprint density at radius 1 is 1.33 bits per heavy atom. The van der Waals surface area contributed by atoms with Gasteiger partial charge in [0.25, 0.3) is 5.91 Å². The molecule has 0 radical (unpaired) electrons. The molecule has 1 aromatic carbocycles. The average molecular weight is 334 g/mol. The maximum absolute atomic E-state index is 12.0. The summed E-state index contributed by atoms with van der Waals surface area (Å²) in [5, 5.41) is 9.62. The maximum Gasteiger partial charge on any atom is 0.308 e. The van der Waals surface area contributed by atoms with Gasteiger partial charge >= 0.3 is 5.97 Å². The summed E-state index contributed by atoms with van der Waals surface area (Å²) in [6.45, 7) is 3.72. The number of benzene rings is 1. The first-order valence-electron chi connectivity index (χ1n) is 6.43. The van der Waals surface area contributed by atoms with Gasteiger partial charge in [-0.15, -0.1) is 0 Å². The molecule has 0 spiro atoms. The second-order valence-corrected chi connectivity index (χ2v) is 5.35. The van der Waals surface area contributed by atoms with Crippen LogP contribution in [0.1, 0.15) is 13.8 Å². The molecule has 21 heavy (non-hydrogen) atoms.